The Kier molecular flexibility index (Phi) is 4.97. The molecule has 0 spiro atoms. The van der Waals surface area contributed by atoms with Crippen LogP contribution >= 0.6 is 0 Å². The summed E-state index contributed by atoms with van der Waals surface area (Å²) in [5.74, 6) is 1.46. The molecule has 0 aromatic rings. The van der Waals surface area contributed by atoms with E-state index < -0.39 is 0 Å². The van der Waals surface area contributed by atoms with Gasteiger partial charge in [-0.05, 0) is 50.4 Å². The highest BCUT2D eigenvalue weighted by Crippen LogP contribution is 2.45. The van der Waals surface area contributed by atoms with Crippen molar-refractivity contribution in [3.8, 4) is 0 Å². The van der Waals surface area contributed by atoms with Crippen molar-refractivity contribution < 1.29 is 0 Å². The summed E-state index contributed by atoms with van der Waals surface area (Å²) in [6.45, 7) is 4.60. The summed E-state index contributed by atoms with van der Waals surface area (Å²) in [5, 5.41) is 3.64. The van der Waals surface area contributed by atoms with Gasteiger partial charge in [-0.3, -0.25) is 0 Å². The van der Waals surface area contributed by atoms with Crippen LogP contribution in [0.5, 0.6) is 0 Å². The minimum absolute atomic E-state index is 0.573. The monoisotopic (exact) mass is 284 g/mol. The van der Waals surface area contributed by atoms with Crippen LogP contribution in [0.25, 0.3) is 0 Å². The van der Waals surface area contributed by atoms with Crippen molar-refractivity contribution >= 4 is 0 Å². The smallest absolute Gasteiger partial charge is 0.0551 e. The van der Waals surface area contributed by atoms with Crippen LogP contribution in [0.3, 0.4) is 0 Å². The Labute approximate surface area is 129 Å². The molecule has 3 aliphatic rings. The molecule has 2 nitrogen and oxygen atoms in total. The van der Waals surface area contributed by atoms with Crippen LogP contribution in [-0.4, -0.2) is 24.0 Å². The number of hydrogen-bond donors (Lipinski definition) is 1. The number of allylic oxidation sites excluding steroid dienone is 6. The van der Waals surface area contributed by atoms with E-state index >= 15 is 0 Å². The Balaban J connectivity index is 1.56. The number of hydrogen-bond acceptors (Lipinski definition) is 2. The fraction of sp³-hybridized carbons (Fsp3) is 0.579. The van der Waals surface area contributed by atoms with E-state index in [2.05, 4.69) is 59.8 Å². The molecule has 1 aliphatic carbocycles. The number of fused-ring (bicyclic) bond motifs is 3. The first-order valence-corrected chi connectivity index (χ1v) is 8.62. The molecule has 21 heavy (non-hydrogen) atoms. The zero-order valence-corrected chi connectivity index (χ0v) is 13.2. The SMILES string of the molecule is CCCCCNCCC1C2CC=CC=C2N2C=CC=CC12. The summed E-state index contributed by atoms with van der Waals surface area (Å²) in [5.41, 5.74) is 1.53. The predicted molar refractivity (Wildman–Crippen MR) is 89.7 cm³/mol. The normalized spacial score (nSPS) is 29.5. The highest BCUT2D eigenvalue weighted by atomic mass is 15.2. The van der Waals surface area contributed by atoms with Crippen LogP contribution in [-0.2, 0) is 0 Å². The summed E-state index contributed by atoms with van der Waals surface area (Å²) in [4.78, 5) is 2.50. The summed E-state index contributed by atoms with van der Waals surface area (Å²) in [7, 11) is 0. The molecule has 1 fully saturated rings. The van der Waals surface area contributed by atoms with Gasteiger partial charge in [-0.25, -0.2) is 0 Å². The first kappa shape index (κ1) is 14.6. The molecule has 1 saturated heterocycles. The molecule has 3 unspecified atom stereocenters. The second-order valence-corrected chi connectivity index (χ2v) is 6.40. The van der Waals surface area contributed by atoms with Gasteiger partial charge in [0.15, 0.2) is 0 Å². The molecule has 3 atom stereocenters. The van der Waals surface area contributed by atoms with Gasteiger partial charge < -0.3 is 10.2 Å². The zero-order valence-electron chi connectivity index (χ0n) is 13.2. The molecule has 1 N–H and O–H groups in total. The van der Waals surface area contributed by atoms with Crippen LogP contribution in [0.15, 0.2) is 48.4 Å². The molecule has 2 heteroatoms. The van der Waals surface area contributed by atoms with E-state index in [1.165, 1.54) is 44.3 Å². The molecule has 0 amide bonds. The maximum atomic E-state index is 3.64. The van der Waals surface area contributed by atoms with Crippen molar-refractivity contribution in [2.24, 2.45) is 11.8 Å². The topological polar surface area (TPSA) is 15.3 Å². The van der Waals surface area contributed by atoms with E-state index in [9.17, 15) is 0 Å². The Morgan fingerprint density at radius 1 is 1.19 bits per heavy atom. The van der Waals surface area contributed by atoms with Gasteiger partial charge in [0.25, 0.3) is 0 Å². The minimum atomic E-state index is 0.573. The van der Waals surface area contributed by atoms with Crippen LogP contribution in [0.4, 0.5) is 0 Å². The lowest BCUT2D eigenvalue weighted by Crippen LogP contribution is -2.30. The predicted octanol–water partition coefficient (Wildman–Crippen LogP) is 4.00. The van der Waals surface area contributed by atoms with Crippen molar-refractivity contribution in [2.75, 3.05) is 13.1 Å². The lowest BCUT2D eigenvalue weighted by molar-refractivity contribution is 0.329. The summed E-state index contributed by atoms with van der Waals surface area (Å²) in [6.07, 6.45) is 22.4. The van der Waals surface area contributed by atoms with Crippen molar-refractivity contribution in [3.05, 3.63) is 48.4 Å². The largest absolute Gasteiger partial charge is 0.344 e. The first-order valence-electron chi connectivity index (χ1n) is 8.62. The lowest BCUT2D eigenvalue weighted by atomic mass is 9.82. The quantitative estimate of drug-likeness (QED) is 0.711. The van der Waals surface area contributed by atoms with Gasteiger partial charge in [0.2, 0.25) is 0 Å². The molecular formula is C19H28N2. The third kappa shape index (κ3) is 3.16. The Morgan fingerprint density at radius 3 is 3.05 bits per heavy atom. The molecule has 0 saturated carbocycles. The second-order valence-electron chi connectivity index (χ2n) is 6.40. The van der Waals surface area contributed by atoms with E-state index in [0.29, 0.717) is 12.0 Å². The van der Waals surface area contributed by atoms with Crippen molar-refractivity contribution in [2.45, 2.75) is 45.1 Å². The van der Waals surface area contributed by atoms with Gasteiger partial charge in [0.05, 0.1) is 6.04 Å². The lowest BCUT2D eigenvalue weighted by Gasteiger charge is -2.26. The fourth-order valence-corrected chi connectivity index (χ4v) is 3.93. The minimum Gasteiger partial charge on any atom is -0.344 e. The van der Waals surface area contributed by atoms with Gasteiger partial charge in [-0.15, -0.1) is 0 Å². The first-order chi connectivity index (χ1) is 10.4. The Morgan fingerprint density at radius 2 is 2.14 bits per heavy atom. The molecule has 2 heterocycles. The number of nitrogens with one attached hydrogen (secondary N) is 1. The van der Waals surface area contributed by atoms with Gasteiger partial charge in [0.1, 0.15) is 0 Å². The highest BCUT2D eigenvalue weighted by Gasteiger charge is 2.42. The van der Waals surface area contributed by atoms with Crippen LogP contribution < -0.4 is 5.32 Å². The third-order valence-corrected chi connectivity index (χ3v) is 5.03. The zero-order chi connectivity index (χ0) is 14.5. The number of rotatable bonds is 7. The van der Waals surface area contributed by atoms with E-state index in [1.807, 2.05) is 0 Å². The van der Waals surface area contributed by atoms with Crippen LogP contribution in [0.2, 0.25) is 0 Å². The van der Waals surface area contributed by atoms with Crippen LogP contribution in [0.1, 0.15) is 39.0 Å². The summed E-state index contributed by atoms with van der Waals surface area (Å²) >= 11 is 0. The summed E-state index contributed by atoms with van der Waals surface area (Å²) in [6, 6.07) is 0.573. The number of nitrogens with zero attached hydrogens (tertiary/aromatic N) is 1. The van der Waals surface area contributed by atoms with E-state index in [0.717, 1.165) is 12.5 Å². The van der Waals surface area contributed by atoms with Crippen LogP contribution in [0, 0.1) is 11.8 Å². The van der Waals surface area contributed by atoms with Crippen molar-refractivity contribution in [1.82, 2.24) is 10.2 Å². The van der Waals surface area contributed by atoms with Gasteiger partial charge in [-0.2, -0.15) is 0 Å². The van der Waals surface area contributed by atoms with Gasteiger partial charge in [-0.1, -0.05) is 44.1 Å². The standard InChI is InChI=1S/C19H28N2/c1-2-3-7-13-20-14-12-17-16-9-4-5-10-18(16)21-15-8-6-11-19(17)21/h4-6,8,10-11,15-17,19-20H,2-3,7,9,12-14H2,1H3. The van der Waals surface area contributed by atoms with E-state index in [-0.39, 0.29) is 0 Å². The molecule has 0 bridgehead atoms. The van der Waals surface area contributed by atoms with E-state index in [4.69, 9.17) is 0 Å². The third-order valence-electron chi connectivity index (χ3n) is 5.03. The van der Waals surface area contributed by atoms with E-state index in [1.54, 1.807) is 0 Å². The molecular weight excluding hydrogens is 256 g/mol. The Bertz CT molecular complexity index is 458. The number of unbranched alkanes of at least 4 members (excludes halogenated alkanes) is 2. The molecule has 0 aromatic heterocycles. The van der Waals surface area contributed by atoms with Gasteiger partial charge >= 0.3 is 0 Å². The fourth-order valence-electron chi connectivity index (χ4n) is 3.93. The van der Waals surface area contributed by atoms with Crippen molar-refractivity contribution in [1.29, 1.82) is 0 Å². The maximum Gasteiger partial charge on any atom is 0.0551 e. The maximum absolute atomic E-state index is 3.64. The molecule has 3 rings (SSSR count). The average Bonchev–Trinajstić information content (AvgIpc) is 2.85. The molecule has 0 radical (unpaired) electrons. The van der Waals surface area contributed by atoms with Crippen molar-refractivity contribution in [3.63, 3.8) is 0 Å². The van der Waals surface area contributed by atoms with Gasteiger partial charge in [0, 0.05) is 17.8 Å². The molecule has 0 aromatic carbocycles. The molecule has 2 aliphatic heterocycles. The Hall–Kier alpha value is -1.28. The highest BCUT2D eigenvalue weighted by molar-refractivity contribution is 5.33. The summed E-state index contributed by atoms with van der Waals surface area (Å²) < 4.78 is 0. The average molecular weight is 284 g/mol. The second kappa shape index (κ2) is 7.13. The molecule has 114 valence electrons.